The molecule has 1 saturated carbocycles. The van der Waals surface area contributed by atoms with Gasteiger partial charge in [0, 0.05) is 32.8 Å². The van der Waals surface area contributed by atoms with Crippen molar-refractivity contribution >= 4 is 5.91 Å². The quantitative estimate of drug-likeness (QED) is 0.789. The maximum absolute atomic E-state index is 12.4. The third-order valence-electron chi connectivity index (χ3n) is 4.94. The van der Waals surface area contributed by atoms with Crippen LogP contribution >= 0.6 is 0 Å². The second-order valence-corrected chi connectivity index (χ2v) is 5.78. The van der Waals surface area contributed by atoms with E-state index in [0.717, 1.165) is 32.5 Å². The highest BCUT2D eigenvalue weighted by Crippen LogP contribution is 2.39. The van der Waals surface area contributed by atoms with Crippen LogP contribution < -0.4 is 5.32 Å². The lowest BCUT2D eigenvalue weighted by Gasteiger charge is -2.41. The molecule has 1 aliphatic carbocycles. The number of hydrogen-bond donors (Lipinski definition) is 1. The molecule has 0 radical (unpaired) electrons. The van der Waals surface area contributed by atoms with Gasteiger partial charge in [0.2, 0.25) is 5.91 Å². The molecule has 96 valence electrons. The monoisotopic (exact) mass is 238 g/mol. The average molecular weight is 238 g/mol. The summed E-state index contributed by atoms with van der Waals surface area (Å²) < 4.78 is 5.55. The number of carbonyl (C=O) groups is 1. The van der Waals surface area contributed by atoms with Crippen LogP contribution in [0.1, 0.15) is 32.1 Å². The highest BCUT2D eigenvalue weighted by atomic mass is 16.5. The second-order valence-electron chi connectivity index (χ2n) is 5.78. The highest BCUT2D eigenvalue weighted by Gasteiger charge is 2.44. The van der Waals surface area contributed by atoms with Crippen LogP contribution in [-0.2, 0) is 9.53 Å². The Morgan fingerprint density at radius 1 is 1.47 bits per heavy atom. The lowest BCUT2D eigenvalue weighted by Crippen LogP contribution is -2.47. The fraction of sp³-hybridized carbons (Fsp3) is 0.923. The van der Waals surface area contributed by atoms with Crippen molar-refractivity contribution in [3.63, 3.8) is 0 Å². The smallest absolute Gasteiger partial charge is 0.225 e. The molecular formula is C13H22N2O2. The minimum absolute atomic E-state index is 0.124. The zero-order chi connectivity index (χ0) is 11.9. The Bertz CT molecular complexity index is 309. The van der Waals surface area contributed by atoms with Gasteiger partial charge in [-0.3, -0.25) is 4.79 Å². The van der Waals surface area contributed by atoms with Crippen molar-refractivity contribution in [1.82, 2.24) is 10.2 Å². The van der Waals surface area contributed by atoms with Gasteiger partial charge in [-0.2, -0.15) is 0 Å². The Balaban J connectivity index is 1.62. The fourth-order valence-corrected chi connectivity index (χ4v) is 3.56. The maximum Gasteiger partial charge on any atom is 0.225 e. The van der Waals surface area contributed by atoms with Crippen molar-refractivity contribution < 1.29 is 9.53 Å². The van der Waals surface area contributed by atoms with E-state index in [1.807, 2.05) is 0 Å². The Morgan fingerprint density at radius 2 is 2.29 bits per heavy atom. The number of likely N-dealkylation sites (tertiary alicyclic amines) is 1. The SMILES string of the molecule is COC1(CC(=O)N2CC[C@H]3CNC[C@H]32)CCC1. The van der Waals surface area contributed by atoms with E-state index in [1.165, 1.54) is 12.8 Å². The summed E-state index contributed by atoms with van der Waals surface area (Å²) in [4.78, 5) is 14.5. The molecule has 3 rings (SSSR count). The first-order chi connectivity index (χ1) is 8.24. The number of nitrogens with one attached hydrogen (secondary N) is 1. The molecular weight excluding hydrogens is 216 g/mol. The summed E-state index contributed by atoms with van der Waals surface area (Å²) in [5.74, 6) is 1.00. The molecule has 4 heteroatoms. The zero-order valence-corrected chi connectivity index (χ0v) is 10.6. The third kappa shape index (κ3) is 1.87. The molecule has 3 fully saturated rings. The van der Waals surface area contributed by atoms with E-state index in [1.54, 1.807) is 7.11 Å². The van der Waals surface area contributed by atoms with Crippen LogP contribution in [-0.4, -0.2) is 49.2 Å². The lowest BCUT2D eigenvalue weighted by molar-refractivity contribution is -0.144. The molecule has 2 aliphatic heterocycles. The molecule has 0 aromatic carbocycles. The van der Waals surface area contributed by atoms with Crippen molar-refractivity contribution in [2.75, 3.05) is 26.7 Å². The van der Waals surface area contributed by atoms with E-state index in [-0.39, 0.29) is 5.60 Å². The number of amides is 1. The molecule has 0 aromatic heterocycles. The summed E-state index contributed by atoms with van der Waals surface area (Å²) >= 11 is 0. The van der Waals surface area contributed by atoms with E-state index in [0.29, 0.717) is 24.3 Å². The van der Waals surface area contributed by atoms with Gasteiger partial charge in [0.15, 0.2) is 0 Å². The van der Waals surface area contributed by atoms with Gasteiger partial charge in [-0.05, 0) is 31.6 Å². The minimum Gasteiger partial charge on any atom is -0.378 e. The first-order valence-electron chi connectivity index (χ1n) is 6.79. The molecule has 0 spiro atoms. The van der Waals surface area contributed by atoms with Crippen LogP contribution in [0.3, 0.4) is 0 Å². The maximum atomic E-state index is 12.4. The number of fused-ring (bicyclic) bond motifs is 1. The summed E-state index contributed by atoms with van der Waals surface area (Å²) in [5, 5.41) is 3.39. The van der Waals surface area contributed by atoms with Gasteiger partial charge in [-0.25, -0.2) is 0 Å². The average Bonchev–Trinajstić information content (AvgIpc) is 2.84. The molecule has 17 heavy (non-hydrogen) atoms. The predicted octanol–water partition coefficient (Wildman–Crippen LogP) is 0.766. The van der Waals surface area contributed by atoms with E-state index in [9.17, 15) is 4.79 Å². The highest BCUT2D eigenvalue weighted by molar-refractivity contribution is 5.78. The Kier molecular flexibility index (Phi) is 2.87. The molecule has 2 atom stereocenters. The Morgan fingerprint density at radius 3 is 2.94 bits per heavy atom. The van der Waals surface area contributed by atoms with Crippen molar-refractivity contribution in [2.45, 2.75) is 43.7 Å². The molecule has 1 amide bonds. The largest absolute Gasteiger partial charge is 0.378 e. The van der Waals surface area contributed by atoms with Crippen molar-refractivity contribution in [3.05, 3.63) is 0 Å². The number of carbonyl (C=O) groups excluding carboxylic acids is 1. The zero-order valence-electron chi connectivity index (χ0n) is 10.6. The van der Waals surface area contributed by atoms with Gasteiger partial charge in [-0.1, -0.05) is 0 Å². The van der Waals surface area contributed by atoms with E-state index >= 15 is 0 Å². The van der Waals surface area contributed by atoms with Gasteiger partial charge in [0.05, 0.1) is 12.0 Å². The molecule has 1 N–H and O–H groups in total. The molecule has 0 aromatic rings. The van der Waals surface area contributed by atoms with E-state index in [2.05, 4.69) is 10.2 Å². The van der Waals surface area contributed by atoms with Crippen LogP contribution in [0, 0.1) is 5.92 Å². The molecule has 2 saturated heterocycles. The molecule has 0 bridgehead atoms. The normalized spacial score (nSPS) is 34.5. The molecule has 4 nitrogen and oxygen atoms in total. The van der Waals surface area contributed by atoms with Crippen LogP contribution in [0.25, 0.3) is 0 Å². The van der Waals surface area contributed by atoms with Gasteiger partial charge >= 0.3 is 0 Å². The van der Waals surface area contributed by atoms with Crippen LogP contribution in [0.15, 0.2) is 0 Å². The first-order valence-corrected chi connectivity index (χ1v) is 6.79. The molecule has 3 aliphatic rings. The van der Waals surface area contributed by atoms with Gasteiger partial charge in [0.1, 0.15) is 0 Å². The second kappa shape index (κ2) is 4.25. The number of rotatable bonds is 3. The number of methoxy groups -OCH3 is 1. The number of ether oxygens (including phenoxy) is 1. The van der Waals surface area contributed by atoms with Gasteiger partial charge in [-0.15, -0.1) is 0 Å². The molecule has 2 heterocycles. The predicted molar refractivity (Wildman–Crippen MR) is 64.7 cm³/mol. The lowest BCUT2D eigenvalue weighted by atomic mass is 9.77. The van der Waals surface area contributed by atoms with Gasteiger partial charge < -0.3 is 15.0 Å². The van der Waals surface area contributed by atoms with Gasteiger partial charge in [0.25, 0.3) is 0 Å². The molecule has 0 unspecified atom stereocenters. The summed E-state index contributed by atoms with van der Waals surface area (Å²) in [5.41, 5.74) is -0.124. The van der Waals surface area contributed by atoms with Crippen LogP contribution in [0.5, 0.6) is 0 Å². The topological polar surface area (TPSA) is 41.6 Å². The Hall–Kier alpha value is -0.610. The summed E-state index contributed by atoms with van der Waals surface area (Å²) in [6.07, 6.45) is 5.07. The standard InChI is InChI=1S/C13H22N2O2/c1-17-13(4-2-5-13)7-12(16)15-6-3-10-8-14-9-11(10)15/h10-11,14H,2-9H2,1H3/t10-,11+/m0/s1. The van der Waals surface area contributed by atoms with Crippen LogP contribution in [0.2, 0.25) is 0 Å². The van der Waals surface area contributed by atoms with E-state index in [4.69, 9.17) is 4.74 Å². The summed E-state index contributed by atoms with van der Waals surface area (Å²) in [7, 11) is 1.75. The number of nitrogens with zero attached hydrogens (tertiary/aromatic N) is 1. The van der Waals surface area contributed by atoms with Crippen LogP contribution in [0.4, 0.5) is 0 Å². The van der Waals surface area contributed by atoms with Crippen molar-refractivity contribution in [2.24, 2.45) is 5.92 Å². The van der Waals surface area contributed by atoms with Crippen molar-refractivity contribution in [3.8, 4) is 0 Å². The minimum atomic E-state index is -0.124. The third-order valence-corrected chi connectivity index (χ3v) is 4.94. The van der Waals surface area contributed by atoms with Crippen molar-refractivity contribution in [1.29, 1.82) is 0 Å². The fourth-order valence-electron chi connectivity index (χ4n) is 3.56. The summed E-state index contributed by atoms with van der Waals surface area (Å²) in [6, 6.07) is 0.455. The first kappa shape index (κ1) is 11.5. The summed E-state index contributed by atoms with van der Waals surface area (Å²) in [6.45, 7) is 3.02. The van der Waals surface area contributed by atoms with E-state index < -0.39 is 0 Å². The Labute approximate surface area is 103 Å². The number of hydrogen-bond acceptors (Lipinski definition) is 3.